The molecule has 1 aromatic carbocycles. The Labute approximate surface area is 146 Å². The summed E-state index contributed by atoms with van der Waals surface area (Å²) in [5.74, 6) is 3.47. The van der Waals surface area contributed by atoms with Gasteiger partial charge in [0.1, 0.15) is 8.07 Å². The largest absolute Gasteiger partial charge is 0.356 e. The first-order chi connectivity index (χ1) is 10.9. The summed E-state index contributed by atoms with van der Waals surface area (Å²) in [7, 11) is -1.41. The molecule has 4 nitrogen and oxygen atoms in total. The van der Waals surface area contributed by atoms with Gasteiger partial charge in [-0.25, -0.2) is 4.68 Å². The molecule has 2 aromatic rings. The first kappa shape index (κ1) is 18.7. The minimum atomic E-state index is -1.41. The Hall–Kier alpha value is -1.61. The Morgan fingerprint density at radius 2 is 1.96 bits per heavy atom. The monoisotopic (exact) mass is 343 g/mol. The van der Waals surface area contributed by atoms with Crippen LogP contribution >= 0.6 is 0 Å². The van der Waals surface area contributed by atoms with Crippen LogP contribution in [0.5, 0.6) is 0 Å². The molecule has 1 aliphatic rings. The summed E-state index contributed by atoms with van der Waals surface area (Å²) in [5.41, 5.74) is 8.09. The molecule has 5 heteroatoms. The van der Waals surface area contributed by atoms with Crippen molar-refractivity contribution in [2.75, 3.05) is 6.61 Å². The lowest BCUT2D eigenvalue weighted by molar-refractivity contribution is -0.0368. The summed E-state index contributed by atoms with van der Waals surface area (Å²) in [6.07, 6.45) is 3.47. The van der Waals surface area contributed by atoms with Gasteiger partial charge >= 0.3 is 0 Å². The SMILES string of the molecule is Cc1ccc2c(c(C)nn2C2CCCCO2)c1C#C[Si](C)(C)C.N. The van der Waals surface area contributed by atoms with Crippen LogP contribution in [-0.4, -0.2) is 24.5 Å². The van der Waals surface area contributed by atoms with E-state index in [1.165, 1.54) is 17.4 Å². The standard InChI is InChI=1S/C19H26N2OSi.H3N/c1-14-9-10-17-19(16(14)11-13-23(3,4)5)15(2)20-21(17)18-8-6-7-12-22-18;/h9-10,18H,6-8,12H2,1-5H3;1H3. The quantitative estimate of drug-likeness (QED) is 0.601. The van der Waals surface area contributed by atoms with Crippen molar-refractivity contribution in [1.82, 2.24) is 15.9 Å². The third kappa shape index (κ3) is 3.72. The van der Waals surface area contributed by atoms with E-state index < -0.39 is 8.07 Å². The second kappa shape index (κ2) is 7.10. The van der Waals surface area contributed by atoms with E-state index in [1.807, 2.05) is 0 Å². The molecule has 3 rings (SSSR count). The summed E-state index contributed by atoms with van der Waals surface area (Å²) in [5, 5.41) is 5.99. The molecule has 0 amide bonds. The van der Waals surface area contributed by atoms with E-state index in [2.05, 4.69) is 61.8 Å². The third-order valence-corrected chi connectivity index (χ3v) is 5.12. The fraction of sp³-hybridized carbons (Fsp3) is 0.526. The van der Waals surface area contributed by atoms with Crippen molar-refractivity contribution in [3.05, 3.63) is 29.0 Å². The number of fused-ring (bicyclic) bond motifs is 1. The lowest BCUT2D eigenvalue weighted by Gasteiger charge is -2.23. The van der Waals surface area contributed by atoms with Gasteiger partial charge in [0, 0.05) is 17.6 Å². The zero-order valence-electron chi connectivity index (χ0n) is 15.6. The van der Waals surface area contributed by atoms with Crippen LogP contribution in [0.1, 0.15) is 42.3 Å². The fourth-order valence-corrected chi connectivity index (χ4v) is 3.57. The van der Waals surface area contributed by atoms with Crippen LogP contribution in [0.4, 0.5) is 0 Å². The number of hydrogen-bond donors (Lipinski definition) is 1. The number of nitrogens with zero attached hydrogens (tertiary/aromatic N) is 2. The maximum atomic E-state index is 5.94. The zero-order valence-corrected chi connectivity index (χ0v) is 16.6. The average molecular weight is 344 g/mol. The van der Waals surface area contributed by atoms with Gasteiger partial charge in [-0.3, -0.25) is 0 Å². The molecular weight excluding hydrogens is 314 g/mol. The van der Waals surface area contributed by atoms with Crippen LogP contribution < -0.4 is 6.15 Å². The average Bonchev–Trinajstić information content (AvgIpc) is 2.84. The number of aromatic nitrogens is 2. The molecule has 1 fully saturated rings. The van der Waals surface area contributed by atoms with Crippen LogP contribution in [0.2, 0.25) is 19.6 Å². The number of aryl methyl sites for hydroxylation is 2. The van der Waals surface area contributed by atoms with Gasteiger partial charge in [0.15, 0.2) is 6.23 Å². The van der Waals surface area contributed by atoms with Crippen LogP contribution in [-0.2, 0) is 4.74 Å². The van der Waals surface area contributed by atoms with Crippen molar-refractivity contribution in [3.63, 3.8) is 0 Å². The number of rotatable bonds is 1. The predicted molar refractivity (Wildman–Crippen MR) is 103 cm³/mol. The molecule has 0 bridgehead atoms. The van der Waals surface area contributed by atoms with Crippen molar-refractivity contribution < 1.29 is 4.74 Å². The van der Waals surface area contributed by atoms with Gasteiger partial charge in [0.2, 0.25) is 0 Å². The number of ether oxygens (including phenoxy) is 1. The van der Waals surface area contributed by atoms with Crippen LogP contribution in [0.15, 0.2) is 12.1 Å². The molecule has 0 radical (unpaired) electrons. The van der Waals surface area contributed by atoms with E-state index >= 15 is 0 Å². The van der Waals surface area contributed by atoms with Gasteiger partial charge < -0.3 is 10.9 Å². The lowest BCUT2D eigenvalue weighted by atomic mass is 10.0. The fourth-order valence-electron chi connectivity index (χ4n) is 3.07. The predicted octanol–water partition coefficient (Wildman–Crippen LogP) is 4.74. The summed E-state index contributed by atoms with van der Waals surface area (Å²) in [6.45, 7) is 11.9. The highest BCUT2D eigenvalue weighted by atomic mass is 28.3. The second-order valence-corrected chi connectivity index (χ2v) is 12.3. The van der Waals surface area contributed by atoms with E-state index in [9.17, 15) is 0 Å². The van der Waals surface area contributed by atoms with Crippen LogP contribution in [0.25, 0.3) is 10.9 Å². The second-order valence-electron chi connectivity index (χ2n) is 7.50. The van der Waals surface area contributed by atoms with Crippen molar-refractivity contribution in [2.24, 2.45) is 0 Å². The Morgan fingerprint density at radius 1 is 1.21 bits per heavy atom. The maximum Gasteiger partial charge on any atom is 0.150 e. The van der Waals surface area contributed by atoms with Crippen molar-refractivity contribution >= 4 is 19.0 Å². The van der Waals surface area contributed by atoms with Crippen LogP contribution in [0.3, 0.4) is 0 Å². The minimum absolute atomic E-state index is 0. The molecule has 1 atom stereocenters. The van der Waals surface area contributed by atoms with E-state index in [0.29, 0.717) is 0 Å². The summed E-state index contributed by atoms with van der Waals surface area (Å²) in [4.78, 5) is 0. The molecule has 1 saturated heterocycles. The molecule has 2 heterocycles. The first-order valence-electron chi connectivity index (χ1n) is 8.50. The molecule has 24 heavy (non-hydrogen) atoms. The first-order valence-corrected chi connectivity index (χ1v) is 12.0. The molecule has 130 valence electrons. The molecular formula is C19H29N3OSi. The Balaban J connectivity index is 0.00000208. The maximum absolute atomic E-state index is 5.94. The van der Waals surface area contributed by atoms with Crippen molar-refractivity contribution in [1.29, 1.82) is 0 Å². The molecule has 0 aliphatic carbocycles. The Morgan fingerprint density at radius 3 is 2.58 bits per heavy atom. The van der Waals surface area contributed by atoms with Gasteiger partial charge in [-0.15, -0.1) is 5.54 Å². The summed E-state index contributed by atoms with van der Waals surface area (Å²) >= 11 is 0. The highest BCUT2D eigenvalue weighted by Crippen LogP contribution is 2.30. The molecule has 0 spiro atoms. The van der Waals surface area contributed by atoms with E-state index in [4.69, 9.17) is 9.84 Å². The Kier molecular flexibility index (Phi) is 5.54. The van der Waals surface area contributed by atoms with E-state index in [0.717, 1.165) is 36.2 Å². The molecule has 3 N–H and O–H groups in total. The van der Waals surface area contributed by atoms with Gasteiger partial charge in [-0.1, -0.05) is 31.6 Å². The van der Waals surface area contributed by atoms with Crippen LogP contribution in [0, 0.1) is 25.3 Å². The van der Waals surface area contributed by atoms with Gasteiger partial charge in [0.25, 0.3) is 0 Å². The molecule has 1 aliphatic heterocycles. The van der Waals surface area contributed by atoms with Crippen molar-refractivity contribution in [2.45, 2.75) is 59.0 Å². The lowest BCUT2D eigenvalue weighted by Crippen LogP contribution is -2.19. The zero-order chi connectivity index (χ0) is 16.6. The third-order valence-electron chi connectivity index (χ3n) is 4.25. The highest BCUT2D eigenvalue weighted by molar-refractivity contribution is 6.83. The minimum Gasteiger partial charge on any atom is -0.356 e. The number of hydrogen-bond acceptors (Lipinski definition) is 3. The normalized spacial score (nSPS) is 18.0. The summed E-state index contributed by atoms with van der Waals surface area (Å²) in [6, 6.07) is 4.33. The highest BCUT2D eigenvalue weighted by Gasteiger charge is 2.21. The van der Waals surface area contributed by atoms with E-state index in [1.54, 1.807) is 0 Å². The Bertz CT molecular complexity index is 787. The smallest absolute Gasteiger partial charge is 0.150 e. The van der Waals surface area contributed by atoms with E-state index in [-0.39, 0.29) is 12.4 Å². The van der Waals surface area contributed by atoms with Gasteiger partial charge in [-0.05, 0) is 44.7 Å². The molecule has 0 saturated carbocycles. The van der Waals surface area contributed by atoms with Gasteiger partial charge in [0.05, 0.1) is 11.2 Å². The van der Waals surface area contributed by atoms with Gasteiger partial charge in [-0.2, -0.15) is 5.10 Å². The molecule has 1 unspecified atom stereocenters. The van der Waals surface area contributed by atoms with Crippen molar-refractivity contribution in [3.8, 4) is 11.5 Å². The number of benzene rings is 1. The summed E-state index contributed by atoms with van der Waals surface area (Å²) < 4.78 is 8.01. The molecule has 1 aromatic heterocycles. The topological polar surface area (TPSA) is 62.0 Å².